The van der Waals surface area contributed by atoms with Gasteiger partial charge in [-0.1, -0.05) is 13.8 Å². The molecule has 0 heterocycles. The summed E-state index contributed by atoms with van der Waals surface area (Å²) in [5.74, 6) is -2.51. The summed E-state index contributed by atoms with van der Waals surface area (Å²) in [7, 11) is 0. The van der Waals surface area contributed by atoms with Gasteiger partial charge in [-0.05, 0) is 164 Å². The number of aliphatic carboxylic acids is 2. The van der Waals surface area contributed by atoms with E-state index in [9.17, 15) is 34.8 Å². The molecule has 0 radical (unpaired) electrons. The second kappa shape index (κ2) is 19.7. The van der Waals surface area contributed by atoms with Gasteiger partial charge in [0.05, 0.1) is 61.0 Å². The third kappa shape index (κ3) is 11.6. The number of hydrogen-bond donors (Lipinski definition) is 6. The Balaban J connectivity index is 0.828. The first-order valence-electron chi connectivity index (χ1n) is 22.2. The van der Waals surface area contributed by atoms with Crippen molar-refractivity contribution < 1.29 is 49.1 Å². The zero-order valence-corrected chi connectivity index (χ0v) is 33.6. The topological polar surface area (TPSA) is 184 Å². The molecule has 6 saturated carbocycles. The Morgan fingerprint density at radius 1 is 0.545 bits per heavy atom. The molecule has 1 amide bonds. The molecule has 12 heteroatoms. The van der Waals surface area contributed by atoms with E-state index in [1.807, 2.05) is 0 Å². The standard InChI is InChI=1S/C43H72N2O10/c1-43(2,27-3-13-33(14-4-27)54-35-17-7-29(8-18-35)44-40(48)39-24-32(47)12-22-38(39)42(51)52)28-5-15-34(16-6-28)55-36-19-9-30(10-20-36)45-53-25-26-23-31(46)11-21-37(26)41(49)50/h26-39,45-47H,3-25H2,1-2H3,(H,44,48)(H,49,50)(H,51,52). The molecule has 6 unspecified atom stereocenters. The number of carbonyl (C=O) groups is 3. The molecule has 314 valence electrons. The fourth-order valence-corrected chi connectivity index (χ4v) is 11.5. The number of hydroxylamine groups is 1. The molecule has 0 aromatic rings. The fraction of sp³-hybridized carbons (Fsp3) is 0.930. The van der Waals surface area contributed by atoms with E-state index in [1.54, 1.807) is 0 Å². The van der Waals surface area contributed by atoms with E-state index < -0.39 is 41.9 Å². The van der Waals surface area contributed by atoms with Crippen molar-refractivity contribution in [1.29, 1.82) is 0 Å². The number of carboxylic acids is 2. The summed E-state index contributed by atoms with van der Waals surface area (Å²) in [5.41, 5.74) is 3.49. The largest absolute Gasteiger partial charge is 0.481 e. The van der Waals surface area contributed by atoms with Gasteiger partial charge in [-0.25, -0.2) is 0 Å². The maximum Gasteiger partial charge on any atom is 0.307 e. The Morgan fingerprint density at radius 2 is 0.982 bits per heavy atom. The van der Waals surface area contributed by atoms with Gasteiger partial charge in [0.25, 0.3) is 0 Å². The predicted molar refractivity (Wildman–Crippen MR) is 206 cm³/mol. The summed E-state index contributed by atoms with van der Waals surface area (Å²) in [6.07, 6.45) is 19.5. The molecule has 0 aromatic heterocycles. The molecule has 0 aromatic carbocycles. The lowest BCUT2D eigenvalue weighted by Crippen LogP contribution is -2.47. The number of ether oxygens (including phenoxy) is 2. The van der Waals surface area contributed by atoms with E-state index in [4.69, 9.17) is 14.3 Å². The van der Waals surface area contributed by atoms with Crippen LogP contribution in [0.4, 0.5) is 0 Å². The van der Waals surface area contributed by atoms with Crippen molar-refractivity contribution in [3.63, 3.8) is 0 Å². The number of hydrogen-bond acceptors (Lipinski definition) is 9. The van der Waals surface area contributed by atoms with Crippen LogP contribution >= 0.6 is 0 Å². The molecule has 55 heavy (non-hydrogen) atoms. The first kappa shape index (κ1) is 42.8. The molecule has 0 spiro atoms. The zero-order valence-electron chi connectivity index (χ0n) is 33.6. The number of aliphatic hydroxyl groups is 2. The summed E-state index contributed by atoms with van der Waals surface area (Å²) in [5, 5.41) is 42.3. The van der Waals surface area contributed by atoms with Crippen molar-refractivity contribution in [1.82, 2.24) is 10.8 Å². The monoisotopic (exact) mass is 777 g/mol. The number of amides is 1. The SMILES string of the molecule is CC(C)(C1CCC(OC2CCC(NOCC3CC(O)CCC3C(=O)O)CC2)CC1)C1CCC(OC2CCC(NC(=O)C3CC(O)CCC3C(=O)O)CC2)CC1. The van der Waals surface area contributed by atoms with Crippen LogP contribution in [0.1, 0.15) is 155 Å². The summed E-state index contributed by atoms with van der Waals surface area (Å²) in [4.78, 5) is 42.1. The molecule has 6 aliphatic carbocycles. The molecule has 6 rings (SSSR count). The van der Waals surface area contributed by atoms with Crippen molar-refractivity contribution in [2.24, 2.45) is 40.9 Å². The van der Waals surface area contributed by atoms with E-state index in [1.165, 1.54) is 25.7 Å². The average Bonchev–Trinajstić information content (AvgIpc) is 3.16. The highest BCUT2D eigenvalue weighted by molar-refractivity contribution is 5.85. The van der Waals surface area contributed by atoms with Gasteiger partial charge >= 0.3 is 11.9 Å². The lowest BCUT2D eigenvalue weighted by molar-refractivity contribution is -0.151. The van der Waals surface area contributed by atoms with Gasteiger partial charge in [0, 0.05) is 12.1 Å². The normalized spacial score (nSPS) is 40.6. The number of rotatable bonds is 14. The van der Waals surface area contributed by atoms with Crippen LogP contribution in [0.2, 0.25) is 0 Å². The Hall–Kier alpha value is -1.83. The van der Waals surface area contributed by atoms with Gasteiger partial charge in [-0.15, -0.1) is 0 Å². The van der Waals surface area contributed by atoms with Crippen LogP contribution in [0.3, 0.4) is 0 Å². The molecular formula is C43H72N2O10. The molecular weight excluding hydrogens is 704 g/mol. The van der Waals surface area contributed by atoms with Crippen LogP contribution in [-0.4, -0.2) is 93.6 Å². The highest BCUT2D eigenvalue weighted by Gasteiger charge is 2.43. The van der Waals surface area contributed by atoms with Gasteiger partial charge in [0.15, 0.2) is 0 Å². The van der Waals surface area contributed by atoms with Crippen molar-refractivity contribution in [3.05, 3.63) is 0 Å². The number of nitrogens with one attached hydrogen (secondary N) is 2. The molecule has 6 N–H and O–H groups in total. The van der Waals surface area contributed by atoms with Gasteiger partial charge in [-0.2, -0.15) is 5.48 Å². The van der Waals surface area contributed by atoms with Crippen LogP contribution in [0.15, 0.2) is 0 Å². The second-order valence-electron chi connectivity index (χ2n) is 19.1. The van der Waals surface area contributed by atoms with E-state index >= 15 is 0 Å². The molecule has 6 fully saturated rings. The van der Waals surface area contributed by atoms with Gasteiger partial charge in [0.1, 0.15) is 0 Å². The van der Waals surface area contributed by atoms with E-state index in [0.29, 0.717) is 74.3 Å². The van der Waals surface area contributed by atoms with Crippen LogP contribution in [-0.2, 0) is 28.7 Å². The second-order valence-corrected chi connectivity index (χ2v) is 19.1. The third-order valence-electron chi connectivity index (χ3n) is 15.2. The number of carboxylic acid groups (broad SMARTS) is 2. The van der Waals surface area contributed by atoms with Crippen molar-refractivity contribution in [3.8, 4) is 0 Å². The third-order valence-corrected chi connectivity index (χ3v) is 15.2. The van der Waals surface area contributed by atoms with E-state index in [2.05, 4.69) is 24.6 Å². The minimum Gasteiger partial charge on any atom is -0.481 e. The number of aliphatic hydroxyl groups excluding tert-OH is 2. The Bertz CT molecular complexity index is 1230. The van der Waals surface area contributed by atoms with Gasteiger partial charge < -0.3 is 40.1 Å². The summed E-state index contributed by atoms with van der Waals surface area (Å²) in [6, 6.07) is 0.296. The molecule has 0 bridgehead atoms. The van der Waals surface area contributed by atoms with Crippen LogP contribution in [0.5, 0.6) is 0 Å². The quantitative estimate of drug-likeness (QED) is 0.111. The van der Waals surface area contributed by atoms with Crippen LogP contribution < -0.4 is 10.8 Å². The minimum absolute atomic E-state index is 0.0434. The predicted octanol–water partition coefficient (Wildman–Crippen LogP) is 6.15. The zero-order chi connectivity index (χ0) is 39.1. The Kier molecular flexibility index (Phi) is 15.4. The van der Waals surface area contributed by atoms with Gasteiger partial charge in [0.2, 0.25) is 5.91 Å². The Labute approximate surface area is 328 Å². The van der Waals surface area contributed by atoms with E-state index in [-0.39, 0.29) is 36.4 Å². The molecule has 6 atom stereocenters. The van der Waals surface area contributed by atoms with Crippen LogP contribution in [0, 0.1) is 40.9 Å². The summed E-state index contributed by atoms with van der Waals surface area (Å²) >= 11 is 0. The molecule has 0 saturated heterocycles. The molecule has 0 aliphatic heterocycles. The first-order chi connectivity index (χ1) is 26.3. The van der Waals surface area contributed by atoms with Crippen molar-refractivity contribution in [2.45, 2.75) is 204 Å². The maximum atomic E-state index is 13.0. The van der Waals surface area contributed by atoms with Crippen molar-refractivity contribution in [2.75, 3.05) is 6.61 Å². The summed E-state index contributed by atoms with van der Waals surface area (Å²) in [6.45, 7) is 5.32. The average molecular weight is 777 g/mol. The fourth-order valence-electron chi connectivity index (χ4n) is 11.5. The smallest absolute Gasteiger partial charge is 0.307 e. The highest BCUT2D eigenvalue weighted by atomic mass is 16.6. The van der Waals surface area contributed by atoms with Crippen LogP contribution in [0.25, 0.3) is 0 Å². The lowest BCUT2D eigenvalue weighted by Gasteiger charge is -2.47. The highest BCUT2D eigenvalue weighted by Crippen LogP contribution is 2.49. The maximum absolute atomic E-state index is 13.0. The number of carbonyl (C=O) groups excluding carboxylic acids is 1. The van der Waals surface area contributed by atoms with Gasteiger partial charge in [-0.3, -0.25) is 14.4 Å². The van der Waals surface area contributed by atoms with E-state index in [0.717, 1.165) is 77.0 Å². The Morgan fingerprint density at radius 3 is 1.47 bits per heavy atom. The molecule has 12 nitrogen and oxygen atoms in total. The first-order valence-corrected chi connectivity index (χ1v) is 22.2. The lowest BCUT2D eigenvalue weighted by atomic mass is 9.60. The summed E-state index contributed by atoms with van der Waals surface area (Å²) < 4.78 is 13.3. The molecule has 6 aliphatic rings. The minimum atomic E-state index is -0.943. The van der Waals surface area contributed by atoms with Crippen molar-refractivity contribution >= 4 is 17.8 Å².